The van der Waals surface area contributed by atoms with E-state index in [-0.39, 0.29) is 4.87 Å². The predicted molar refractivity (Wildman–Crippen MR) is 54.4 cm³/mol. The van der Waals surface area contributed by atoms with Gasteiger partial charge in [0.1, 0.15) is 0 Å². The molecule has 0 spiro atoms. The monoisotopic (exact) mass is 189 g/mol. The number of aliphatic hydroxyl groups excluding tert-OH is 1. The molecule has 1 atom stereocenters. The zero-order valence-corrected chi connectivity index (χ0v) is 8.85. The van der Waals surface area contributed by atoms with E-state index in [1.54, 1.807) is 0 Å². The molecule has 0 aromatic rings. The molecule has 0 amide bonds. The first-order valence-corrected chi connectivity index (χ1v) is 5.07. The van der Waals surface area contributed by atoms with E-state index in [4.69, 9.17) is 5.11 Å². The van der Waals surface area contributed by atoms with Crippen LogP contribution in [0.1, 0.15) is 26.7 Å². The summed E-state index contributed by atoms with van der Waals surface area (Å²) >= 11 is 4.52. The van der Waals surface area contributed by atoms with Crippen LogP contribution in [-0.2, 0) is 0 Å². The largest absolute Gasteiger partial charge is 0.396 e. The fourth-order valence-corrected chi connectivity index (χ4v) is 1.89. The Morgan fingerprint density at radius 2 is 2.25 bits per heavy atom. The lowest BCUT2D eigenvalue weighted by Crippen LogP contribution is -2.46. The molecule has 12 heavy (non-hydrogen) atoms. The Kier molecular flexibility index (Phi) is 3.44. The lowest BCUT2D eigenvalue weighted by Gasteiger charge is -2.40. The van der Waals surface area contributed by atoms with Crippen LogP contribution in [0.5, 0.6) is 0 Å². The maximum Gasteiger partial charge on any atom is 0.0583 e. The SMILES string of the molecule is CC(C)(S)N1CCC[C@H](CO)C1. The summed E-state index contributed by atoms with van der Waals surface area (Å²) in [5.41, 5.74) is 0. The highest BCUT2D eigenvalue weighted by atomic mass is 32.1. The Labute approximate surface area is 80.4 Å². The van der Waals surface area contributed by atoms with Crippen molar-refractivity contribution in [2.24, 2.45) is 5.92 Å². The summed E-state index contributed by atoms with van der Waals surface area (Å²) in [5, 5.41) is 9.02. The molecule has 0 aromatic heterocycles. The molecule has 1 heterocycles. The van der Waals surface area contributed by atoms with Gasteiger partial charge in [0.25, 0.3) is 0 Å². The Bertz CT molecular complexity index is 144. The summed E-state index contributed by atoms with van der Waals surface area (Å²) in [6.07, 6.45) is 2.35. The van der Waals surface area contributed by atoms with Gasteiger partial charge in [0.15, 0.2) is 0 Å². The van der Waals surface area contributed by atoms with E-state index in [2.05, 4.69) is 31.4 Å². The maximum absolute atomic E-state index is 9.02. The van der Waals surface area contributed by atoms with Gasteiger partial charge in [0.2, 0.25) is 0 Å². The van der Waals surface area contributed by atoms with Crippen molar-refractivity contribution in [1.82, 2.24) is 4.90 Å². The second-order valence-electron chi connectivity index (χ2n) is 4.13. The number of rotatable bonds is 2. The third-order valence-electron chi connectivity index (χ3n) is 2.55. The Morgan fingerprint density at radius 1 is 1.58 bits per heavy atom. The molecule has 1 fully saturated rings. The van der Waals surface area contributed by atoms with Crippen LogP contribution in [0, 0.1) is 5.92 Å². The Morgan fingerprint density at radius 3 is 2.75 bits per heavy atom. The first-order chi connectivity index (χ1) is 5.54. The number of aliphatic hydroxyl groups is 1. The van der Waals surface area contributed by atoms with E-state index in [1.807, 2.05) is 0 Å². The average Bonchev–Trinajstić information content (AvgIpc) is 2.03. The minimum atomic E-state index is -0.0339. The van der Waals surface area contributed by atoms with E-state index >= 15 is 0 Å². The molecule has 1 rings (SSSR count). The zero-order chi connectivity index (χ0) is 9.19. The first kappa shape index (κ1) is 10.4. The molecule has 2 nitrogen and oxygen atoms in total. The number of hydrogen-bond acceptors (Lipinski definition) is 3. The smallest absolute Gasteiger partial charge is 0.0583 e. The summed E-state index contributed by atoms with van der Waals surface area (Å²) in [6, 6.07) is 0. The van der Waals surface area contributed by atoms with E-state index < -0.39 is 0 Å². The van der Waals surface area contributed by atoms with Crippen molar-refractivity contribution in [1.29, 1.82) is 0 Å². The predicted octanol–water partition coefficient (Wildman–Crippen LogP) is 1.36. The quantitative estimate of drug-likeness (QED) is 0.641. The average molecular weight is 189 g/mol. The van der Waals surface area contributed by atoms with E-state index in [0.717, 1.165) is 19.5 Å². The number of nitrogens with zero attached hydrogens (tertiary/aromatic N) is 1. The minimum absolute atomic E-state index is 0.0339. The number of hydrogen-bond donors (Lipinski definition) is 2. The normalized spacial score (nSPS) is 27.5. The van der Waals surface area contributed by atoms with Crippen LogP contribution in [0.4, 0.5) is 0 Å². The zero-order valence-electron chi connectivity index (χ0n) is 7.95. The van der Waals surface area contributed by atoms with Gasteiger partial charge in [-0.2, -0.15) is 12.6 Å². The number of thiol groups is 1. The molecule has 1 aliphatic heterocycles. The van der Waals surface area contributed by atoms with Crippen LogP contribution >= 0.6 is 12.6 Å². The van der Waals surface area contributed by atoms with Crippen molar-refractivity contribution in [2.45, 2.75) is 31.6 Å². The highest BCUT2D eigenvalue weighted by Crippen LogP contribution is 2.25. The molecule has 0 aliphatic carbocycles. The van der Waals surface area contributed by atoms with Gasteiger partial charge in [-0.3, -0.25) is 4.90 Å². The van der Waals surface area contributed by atoms with Crippen molar-refractivity contribution < 1.29 is 5.11 Å². The third kappa shape index (κ3) is 2.64. The summed E-state index contributed by atoms with van der Waals surface area (Å²) in [7, 11) is 0. The molecule has 0 unspecified atom stereocenters. The molecule has 0 aromatic carbocycles. The lowest BCUT2D eigenvalue weighted by molar-refractivity contribution is 0.0880. The van der Waals surface area contributed by atoms with Gasteiger partial charge in [-0.05, 0) is 39.2 Å². The van der Waals surface area contributed by atoms with E-state index in [0.29, 0.717) is 12.5 Å². The van der Waals surface area contributed by atoms with Gasteiger partial charge in [-0.15, -0.1) is 0 Å². The van der Waals surface area contributed by atoms with Gasteiger partial charge in [-0.25, -0.2) is 0 Å². The molecule has 72 valence electrons. The Balaban J connectivity index is 2.46. The molecule has 1 aliphatic rings. The maximum atomic E-state index is 9.02. The van der Waals surface area contributed by atoms with Crippen molar-refractivity contribution in [3.05, 3.63) is 0 Å². The van der Waals surface area contributed by atoms with Crippen LogP contribution in [-0.4, -0.2) is 34.6 Å². The first-order valence-electron chi connectivity index (χ1n) is 4.62. The van der Waals surface area contributed by atoms with Gasteiger partial charge in [0, 0.05) is 13.2 Å². The van der Waals surface area contributed by atoms with Crippen LogP contribution < -0.4 is 0 Å². The van der Waals surface area contributed by atoms with Gasteiger partial charge >= 0.3 is 0 Å². The second-order valence-corrected chi connectivity index (χ2v) is 5.23. The Hall–Kier alpha value is 0.270. The van der Waals surface area contributed by atoms with Crippen LogP contribution in [0.2, 0.25) is 0 Å². The second kappa shape index (κ2) is 3.99. The summed E-state index contributed by atoms with van der Waals surface area (Å²) in [5.74, 6) is 0.463. The lowest BCUT2D eigenvalue weighted by atomic mass is 9.98. The molecule has 3 heteroatoms. The van der Waals surface area contributed by atoms with E-state index in [1.165, 1.54) is 6.42 Å². The standard InChI is InChI=1S/C9H19NOS/c1-9(2,12)10-5-3-4-8(6-10)7-11/h8,11-12H,3-7H2,1-2H3/t8-/m0/s1. The fraction of sp³-hybridized carbons (Fsp3) is 1.00. The molecular formula is C9H19NOS. The molecule has 0 saturated carbocycles. The third-order valence-corrected chi connectivity index (χ3v) is 2.83. The highest BCUT2D eigenvalue weighted by molar-refractivity contribution is 7.81. The topological polar surface area (TPSA) is 23.5 Å². The van der Waals surface area contributed by atoms with Crippen LogP contribution in [0.15, 0.2) is 0 Å². The van der Waals surface area contributed by atoms with E-state index in [9.17, 15) is 0 Å². The fourth-order valence-electron chi connectivity index (χ4n) is 1.71. The molecule has 0 bridgehead atoms. The highest BCUT2D eigenvalue weighted by Gasteiger charge is 2.27. The van der Waals surface area contributed by atoms with Crippen molar-refractivity contribution in [2.75, 3.05) is 19.7 Å². The summed E-state index contributed by atoms with van der Waals surface area (Å²) < 4.78 is 0. The summed E-state index contributed by atoms with van der Waals surface area (Å²) in [6.45, 7) is 6.64. The van der Waals surface area contributed by atoms with Gasteiger partial charge in [0.05, 0.1) is 4.87 Å². The molecule has 1 saturated heterocycles. The molecule has 1 N–H and O–H groups in total. The van der Waals surface area contributed by atoms with Crippen molar-refractivity contribution >= 4 is 12.6 Å². The van der Waals surface area contributed by atoms with Crippen molar-refractivity contribution in [3.63, 3.8) is 0 Å². The van der Waals surface area contributed by atoms with Gasteiger partial charge in [-0.1, -0.05) is 0 Å². The molecular weight excluding hydrogens is 170 g/mol. The molecule has 0 radical (unpaired) electrons. The number of piperidine rings is 1. The van der Waals surface area contributed by atoms with Crippen LogP contribution in [0.25, 0.3) is 0 Å². The van der Waals surface area contributed by atoms with Crippen molar-refractivity contribution in [3.8, 4) is 0 Å². The van der Waals surface area contributed by atoms with Crippen LogP contribution in [0.3, 0.4) is 0 Å². The minimum Gasteiger partial charge on any atom is -0.396 e. The van der Waals surface area contributed by atoms with Gasteiger partial charge < -0.3 is 5.11 Å². The summed E-state index contributed by atoms with van der Waals surface area (Å²) in [4.78, 5) is 2.30. The number of likely N-dealkylation sites (tertiary alicyclic amines) is 1.